The van der Waals surface area contributed by atoms with E-state index in [4.69, 9.17) is 4.99 Å². The van der Waals surface area contributed by atoms with E-state index in [1.54, 1.807) is 18.0 Å². The van der Waals surface area contributed by atoms with Crippen LogP contribution in [0.15, 0.2) is 29.3 Å². The van der Waals surface area contributed by atoms with Crippen molar-refractivity contribution in [1.29, 1.82) is 0 Å². The number of amidine groups is 1. The fraction of sp³-hybridized carbons (Fsp3) is 0.593. The van der Waals surface area contributed by atoms with E-state index in [0.717, 1.165) is 54.3 Å². The minimum Gasteiger partial charge on any atom is -0.316 e. The van der Waals surface area contributed by atoms with Crippen LogP contribution in [0.2, 0.25) is 0 Å². The molecular formula is C27H38N4O4S. The van der Waals surface area contributed by atoms with Gasteiger partial charge < -0.3 is 10.2 Å². The van der Waals surface area contributed by atoms with Crippen LogP contribution in [0, 0.1) is 18.8 Å². The van der Waals surface area contributed by atoms with Gasteiger partial charge in [-0.05, 0) is 61.8 Å². The lowest BCUT2D eigenvalue weighted by Gasteiger charge is -2.34. The average molecular weight is 515 g/mol. The smallest absolute Gasteiger partial charge is 0.253 e. The Labute approximate surface area is 214 Å². The lowest BCUT2D eigenvalue weighted by Crippen LogP contribution is -2.50. The van der Waals surface area contributed by atoms with Crippen LogP contribution in [0.5, 0.6) is 0 Å². The van der Waals surface area contributed by atoms with Gasteiger partial charge in [0.05, 0.1) is 5.75 Å². The SMILES string of the molecule is CC(=O)N(C)c1ccc(/C=C/CS(=O)(=O)N2CCC3(CC2)N=C(C2CCC(C)CC2)NC3=O)c(C)c1. The normalized spacial score (nSPS) is 24.7. The minimum absolute atomic E-state index is 0.0484. The number of rotatable bonds is 6. The zero-order valence-electron chi connectivity index (χ0n) is 21.8. The molecule has 2 heterocycles. The fourth-order valence-electron chi connectivity index (χ4n) is 5.38. The maximum absolute atomic E-state index is 13.0. The first-order chi connectivity index (χ1) is 17.0. The molecule has 1 saturated carbocycles. The van der Waals surface area contributed by atoms with Crippen LogP contribution in [0.25, 0.3) is 6.08 Å². The molecule has 4 rings (SSSR count). The van der Waals surface area contributed by atoms with Gasteiger partial charge in [-0.15, -0.1) is 0 Å². The van der Waals surface area contributed by atoms with E-state index in [-0.39, 0.29) is 17.6 Å². The van der Waals surface area contributed by atoms with Gasteiger partial charge in [-0.25, -0.2) is 12.7 Å². The fourth-order valence-corrected chi connectivity index (χ4v) is 6.67. The van der Waals surface area contributed by atoms with Crippen LogP contribution >= 0.6 is 0 Å². The number of aryl methyl sites for hydroxylation is 1. The van der Waals surface area contributed by atoms with Gasteiger partial charge >= 0.3 is 0 Å². The standard InChI is InChI=1S/C27H38N4O4S/c1-19-7-9-23(10-8-19)25-28-26(33)27(29-25)13-15-31(16-14-27)36(34,35)17-5-6-22-11-12-24(18-20(22)2)30(4)21(3)32/h5-6,11-12,18-19,23H,7-10,13-17H2,1-4H3,(H,28,29,33)/b6-5+. The maximum Gasteiger partial charge on any atom is 0.253 e. The first kappa shape index (κ1) is 26.5. The molecule has 196 valence electrons. The highest BCUT2D eigenvalue weighted by Crippen LogP contribution is 2.36. The average Bonchev–Trinajstić information content (AvgIpc) is 3.15. The van der Waals surface area contributed by atoms with Crippen molar-refractivity contribution < 1.29 is 18.0 Å². The molecule has 3 aliphatic rings. The highest BCUT2D eigenvalue weighted by molar-refractivity contribution is 7.89. The van der Waals surface area contributed by atoms with E-state index in [9.17, 15) is 18.0 Å². The van der Waals surface area contributed by atoms with Gasteiger partial charge in [-0.3, -0.25) is 14.6 Å². The van der Waals surface area contributed by atoms with Gasteiger partial charge in [0, 0.05) is 38.7 Å². The van der Waals surface area contributed by atoms with E-state index < -0.39 is 15.6 Å². The summed E-state index contributed by atoms with van der Waals surface area (Å²) >= 11 is 0. The molecule has 1 aromatic rings. The highest BCUT2D eigenvalue weighted by atomic mass is 32.2. The van der Waals surface area contributed by atoms with E-state index in [2.05, 4.69) is 12.2 Å². The van der Waals surface area contributed by atoms with Gasteiger partial charge in [0.2, 0.25) is 15.9 Å². The number of piperidine rings is 1. The first-order valence-corrected chi connectivity index (χ1v) is 14.5. The lowest BCUT2D eigenvalue weighted by molar-refractivity contribution is -0.125. The van der Waals surface area contributed by atoms with Gasteiger partial charge in [0.15, 0.2) is 0 Å². The quantitative estimate of drug-likeness (QED) is 0.628. The van der Waals surface area contributed by atoms with Gasteiger partial charge in [0.25, 0.3) is 5.91 Å². The summed E-state index contributed by atoms with van der Waals surface area (Å²) in [6.45, 7) is 6.31. The Morgan fingerprint density at radius 3 is 2.50 bits per heavy atom. The number of nitrogens with zero attached hydrogens (tertiary/aromatic N) is 3. The van der Waals surface area contributed by atoms with Crippen LogP contribution < -0.4 is 10.2 Å². The third-order valence-corrected chi connectivity index (χ3v) is 9.83. The lowest BCUT2D eigenvalue weighted by atomic mass is 9.82. The maximum atomic E-state index is 13.0. The number of hydrogen-bond acceptors (Lipinski definition) is 5. The largest absolute Gasteiger partial charge is 0.316 e. The molecule has 0 atom stereocenters. The number of anilines is 1. The molecule has 2 amide bonds. The molecule has 2 fully saturated rings. The van der Waals surface area contributed by atoms with Gasteiger partial charge in [0.1, 0.15) is 11.4 Å². The predicted molar refractivity (Wildman–Crippen MR) is 143 cm³/mol. The third-order valence-electron chi connectivity index (χ3n) is 8.06. The number of amides is 2. The second-order valence-electron chi connectivity index (χ2n) is 10.6. The summed E-state index contributed by atoms with van der Waals surface area (Å²) in [5.74, 6) is 1.65. The van der Waals surface area contributed by atoms with Crippen molar-refractivity contribution in [3.05, 3.63) is 35.4 Å². The summed E-state index contributed by atoms with van der Waals surface area (Å²) in [4.78, 5) is 30.9. The third kappa shape index (κ3) is 5.57. The Balaban J connectivity index is 1.35. The summed E-state index contributed by atoms with van der Waals surface area (Å²) in [6.07, 6.45) is 8.73. The number of nitrogens with one attached hydrogen (secondary N) is 1. The van der Waals surface area contributed by atoms with Crippen molar-refractivity contribution in [2.24, 2.45) is 16.8 Å². The monoisotopic (exact) mass is 514 g/mol. The van der Waals surface area contributed by atoms with Crippen molar-refractivity contribution in [2.75, 3.05) is 30.8 Å². The molecule has 0 aromatic heterocycles. The van der Waals surface area contributed by atoms with Crippen LogP contribution in [0.3, 0.4) is 0 Å². The molecule has 8 nitrogen and oxygen atoms in total. The van der Waals surface area contributed by atoms with E-state index in [1.165, 1.54) is 11.2 Å². The van der Waals surface area contributed by atoms with Crippen LogP contribution in [-0.2, 0) is 19.6 Å². The Morgan fingerprint density at radius 1 is 1.22 bits per heavy atom. The Morgan fingerprint density at radius 2 is 1.89 bits per heavy atom. The summed E-state index contributed by atoms with van der Waals surface area (Å²) in [7, 11) is -1.77. The molecule has 0 unspecified atom stereocenters. The summed E-state index contributed by atoms with van der Waals surface area (Å²) in [5.41, 5.74) is 1.85. The van der Waals surface area contributed by atoms with Crippen molar-refractivity contribution in [1.82, 2.24) is 9.62 Å². The molecule has 0 radical (unpaired) electrons. The van der Waals surface area contributed by atoms with E-state index in [1.807, 2.05) is 31.2 Å². The van der Waals surface area contributed by atoms with E-state index >= 15 is 0 Å². The van der Waals surface area contributed by atoms with Crippen LogP contribution in [0.4, 0.5) is 5.69 Å². The molecule has 1 spiro atoms. The predicted octanol–water partition coefficient (Wildman–Crippen LogP) is 3.51. The van der Waals surface area contributed by atoms with Crippen molar-refractivity contribution in [3.63, 3.8) is 0 Å². The van der Waals surface area contributed by atoms with E-state index in [0.29, 0.717) is 31.8 Å². The summed E-state index contributed by atoms with van der Waals surface area (Å²) in [5, 5.41) is 3.04. The Bertz CT molecular complexity index is 1170. The number of benzene rings is 1. The van der Waals surface area contributed by atoms with Gasteiger partial charge in [-0.1, -0.05) is 38.0 Å². The molecule has 1 aliphatic carbocycles. The zero-order chi connectivity index (χ0) is 26.1. The van der Waals surface area contributed by atoms with Gasteiger partial charge in [-0.2, -0.15) is 0 Å². The summed E-state index contributed by atoms with van der Waals surface area (Å²) in [6, 6.07) is 5.65. The summed E-state index contributed by atoms with van der Waals surface area (Å²) < 4.78 is 27.5. The number of carbonyl (C=O) groups is 2. The molecule has 36 heavy (non-hydrogen) atoms. The first-order valence-electron chi connectivity index (χ1n) is 12.9. The number of sulfonamides is 1. The van der Waals surface area contributed by atoms with Crippen molar-refractivity contribution in [2.45, 2.75) is 64.8 Å². The molecule has 1 N–H and O–H groups in total. The number of carbonyl (C=O) groups excluding carboxylic acids is 2. The topological polar surface area (TPSA) is 99.2 Å². The zero-order valence-corrected chi connectivity index (χ0v) is 22.6. The van der Waals surface area contributed by atoms with Crippen molar-refractivity contribution >= 4 is 39.4 Å². The molecule has 9 heteroatoms. The molecule has 1 saturated heterocycles. The Kier molecular flexibility index (Phi) is 7.71. The molecule has 2 aliphatic heterocycles. The highest BCUT2D eigenvalue weighted by Gasteiger charge is 2.48. The minimum atomic E-state index is -3.49. The van der Waals surface area contributed by atoms with Crippen LogP contribution in [-0.4, -0.2) is 61.8 Å². The molecular weight excluding hydrogens is 476 g/mol. The van der Waals surface area contributed by atoms with Crippen molar-refractivity contribution in [3.8, 4) is 0 Å². The molecule has 0 bridgehead atoms. The number of hydrogen-bond donors (Lipinski definition) is 1. The number of aliphatic imine (C=N–C) groups is 1. The second kappa shape index (κ2) is 10.5. The second-order valence-corrected chi connectivity index (χ2v) is 12.7. The Hall–Kier alpha value is -2.52. The van der Waals surface area contributed by atoms with Crippen LogP contribution in [0.1, 0.15) is 63.5 Å². The molecule has 1 aromatic carbocycles.